The van der Waals surface area contributed by atoms with E-state index >= 15 is 0 Å². The predicted octanol–water partition coefficient (Wildman–Crippen LogP) is 4.70. The number of alkyl halides is 2. The third-order valence-corrected chi connectivity index (χ3v) is 5.42. The van der Waals surface area contributed by atoms with Crippen LogP contribution in [0.25, 0.3) is 11.1 Å². The summed E-state index contributed by atoms with van der Waals surface area (Å²) < 4.78 is 55.1. The summed E-state index contributed by atoms with van der Waals surface area (Å²) in [5.74, 6) is 0.172. The SMILES string of the molecule is COc1ccc(F)c(-c2cccc(C3(c4ccc(OC(F)F)cc4C)COC(N)=N3)c2)c1.O=CO. The Hall–Kier alpha value is -4.21. The van der Waals surface area contributed by atoms with Crippen LogP contribution in [-0.2, 0) is 15.1 Å². The molecule has 1 aliphatic heterocycles. The van der Waals surface area contributed by atoms with Gasteiger partial charge in [-0.25, -0.2) is 9.38 Å². The Morgan fingerprint density at radius 1 is 1.14 bits per heavy atom. The molecule has 1 aliphatic rings. The Bertz CT molecular complexity index is 1240. The molecule has 1 atom stereocenters. The van der Waals surface area contributed by atoms with Crippen LogP contribution >= 0.6 is 0 Å². The van der Waals surface area contributed by atoms with E-state index in [1.165, 1.54) is 25.3 Å². The first-order valence-electron chi connectivity index (χ1n) is 10.3. The summed E-state index contributed by atoms with van der Waals surface area (Å²) in [4.78, 5) is 12.9. The zero-order valence-corrected chi connectivity index (χ0v) is 18.9. The van der Waals surface area contributed by atoms with Crippen molar-refractivity contribution in [1.82, 2.24) is 0 Å². The van der Waals surface area contributed by atoms with Crippen LogP contribution in [0.15, 0.2) is 65.7 Å². The van der Waals surface area contributed by atoms with Gasteiger partial charge in [-0.1, -0.05) is 24.3 Å². The lowest BCUT2D eigenvalue weighted by atomic mass is 9.81. The molecule has 1 unspecified atom stereocenters. The van der Waals surface area contributed by atoms with E-state index < -0.39 is 18.0 Å². The molecule has 0 radical (unpaired) electrons. The number of nitrogens with two attached hydrogens (primary N) is 1. The van der Waals surface area contributed by atoms with E-state index in [0.29, 0.717) is 33.6 Å². The highest BCUT2D eigenvalue weighted by molar-refractivity contribution is 5.76. The van der Waals surface area contributed by atoms with Crippen LogP contribution < -0.4 is 15.2 Å². The number of halogens is 3. The molecule has 0 saturated heterocycles. The molecule has 3 aromatic rings. The van der Waals surface area contributed by atoms with Gasteiger partial charge in [-0.2, -0.15) is 8.78 Å². The molecule has 0 spiro atoms. The van der Waals surface area contributed by atoms with Gasteiger partial charge >= 0.3 is 6.61 Å². The van der Waals surface area contributed by atoms with Crippen LogP contribution in [0.3, 0.4) is 0 Å². The smallest absolute Gasteiger partial charge is 0.387 e. The second-order valence-corrected chi connectivity index (χ2v) is 7.49. The van der Waals surface area contributed by atoms with E-state index in [0.717, 1.165) is 0 Å². The zero-order valence-electron chi connectivity index (χ0n) is 18.9. The molecule has 0 amide bonds. The number of carbonyl (C=O) groups is 1. The number of hydrogen-bond donors (Lipinski definition) is 2. The Labute approximate surface area is 199 Å². The molecule has 184 valence electrons. The van der Waals surface area contributed by atoms with Crippen LogP contribution in [-0.4, -0.2) is 37.9 Å². The molecule has 10 heteroatoms. The van der Waals surface area contributed by atoms with Gasteiger partial charge in [-0.05, 0) is 65.6 Å². The molecule has 3 N–H and O–H groups in total. The molecule has 0 saturated carbocycles. The molecule has 0 aliphatic carbocycles. The number of nitrogens with zero attached hydrogens (tertiary/aromatic N) is 1. The monoisotopic (exact) mass is 488 g/mol. The summed E-state index contributed by atoms with van der Waals surface area (Å²) in [6, 6.07) is 16.4. The van der Waals surface area contributed by atoms with Gasteiger partial charge in [0.15, 0.2) is 5.54 Å². The minimum Gasteiger partial charge on any atom is -0.497 e. The summed E-state index contributed by atoms with van der Waals surface area (Å²) >= 11 is 0. The largest absolute Gasteiger partial charge is 0.497 e. The number of aryl methyl sites for hydroxylation is 1. The maximum absolute atomic E-state index is 14.6. The van der Waals surface area contributed by atoms with Gasteiger partial charge in [0.1, 0.15) is 23.9 Å². The lowest BCUT2D eigenvalue weighted by Crippen LogP contribution is -2.28. The van der Waals surface area contributed by atoms with Gasteiger partial charge < -0.3 is 25.1 Å². The lowest BCUT2D eigenvalue weighted by molar-refractivity contribution is -0.122. The Morgan fingerprint density at radius 3 is 2.46 bits per heavy atom. The van der Waals surface area contributed by atoms with Crippen molar-refractivity contribution in [2.45, 2.75) is 19.1 Å². The van der Waals surface area contributed by atoms with Gasteiger partial charge in [-0.3, -0.25) is 4.79 Å². The highest BCUT2D eigenvalue weighted by atomic mass is 19.3. The minimum atomic E-state index is -2.92. The first-order valence-corrected chi connectivity index (χ1v) is 10.3. The fraction of sp³-hybridized carbons (Fsp3) is 0.200. The quantitative estimate of drug-likeness (QED) is 0.488. The van der Waals surface area contributed by atoms with E-state index in [2.05, 4.69) is 9.73 Å². The Morgan fingerprint density at radius 2 is 1.86 bits per heavy atom. The van der Waals surface area contributed by atoms with Crippen molar-refractivity contribution >= 4 is 12.5 Å². The van der Waals surface area contributed by atoms with Crippen molar-refractivity contribution in [2.75, 3.05) is 13.7 Å². The van der Waals surface area contributed by atoms with Crippen molar-refractivity contribution in [2.24, 2.45) is 10.7 Å². The van der Waals surface area contributed by atoms with E-state index in [9.17, 15) is 13.2 Å². The molecule has 7 nitrogen and oxygen atoms in total. The van der Waals surface area contributed by atoms with E-state index in [4.69, 9.17) is 25.1 Å². The second kappa shape index (κ2) is 10.8. The molecular formula is C25H23F3N2O5. The summed E-state index contributed by atoms with van der Waals surface area (Å²) in [5, 5.41) is 6.89. The summed E-state index contributed by atoms with van der Waals surface area (Å²) in [6.45, 7) is -1.30. The fourth-order valence-corrected chi connectivity index (χ4v) is 3.95. The maximum Gasteiger partial charge on any atom is 0.387 e. The van der Waals surface area contributed by atoms with Crippen molar-refractivity contribution in [3.05, 3.63) is 83.2 Å². The second-order valence-electron chi connectivity index (χ2n) is 7.49. The van der Waals surface area contributed by atoms with Gasteiger partial charge in [0.2, 0.25) is 0 Å². The van der Waals surface area contributed by atoms with E-state index in [-0.39, 0.29) is 24.9 Å². The highest BCUT2D eigenvalue weighted by Crippen LogP contribution is 2.41. The van der Waals surface area contributed by atoms with Gasteiger partial charge in [0.05, 0.1) is 7.11 Å². The van der Waals surface area contributed by atoms with Crippen LogP contribution in [0.2, 0.25) is 0 Å². The average Bonchev–Trinajstić information content (AvgIpc) is 3.22. The minimum absolute atomic E-state index is 0.00951. The normalized spacial score (nSPS) is 16.6. The molecule has 35 heavy (non-hydrogen) atoms. The van der Waals surface area contributed by atoms with E-state index in [1.807, 2.05) is 12.1 Å². The molecule has 0 bridgehead atoms. The predicted molar refractivity (Wildman–Crippen MR) is 123 cm³/mol. The van der Waals surface area contributed by atoms with Gasteiger partial charge in [0.25, 0.3) is 12.5 Å². The standard InChI is InChI=1S/C24H21F3N2O3.CH2O2/c1-14-10-18(32-22(26)27)6-8-20(14)24(13-31-23(28)29-24)16-5-3-4-15(11-16)19-12-17(30-2)7-9-21(19)25;2-1-3/h3-12,22H,13H2,1-2H3,(H2,28,29);1H,(H,2,3). The third kappa shape index (κ3) is 5.48. The fourth-order valence-electron chi connectivity index (χ4n) is 3.95. The number of carboxylic acid groups (broad SMARTS) is 1. The summed E-state index contributed by atoms with van der Waals surface area (Å²) in [5.41, 5.74) is 7.93. The van der Waals surface area contributed by atoms with Crippen LogP contribution in [0.1, 0.15) is 16.7 Å². The molecule has 0 aromatic heterocycles. The number of rotatable bonds is 6. The summed E-state index contributed by atoms with van der Waals surface area (Å²) in [7, 11) is 1.51. The number of methoxy groups -OCH3 is 1. The van der Waals surface area contributed by atoms with Crippen molar-refractivity contribution < 1.29 is 37.3 Å². The zero-order chi connectivity index (χ0) is 25.6. The third-order valence-electron chi connectivity index (χ3n) is 5.42. The number of benzene rings is 3. The topological polar surface area (TPSA) is 103 Å². The van der Waals surface area contributed by atoms with Crippen LogP contribution in [0.5, 0.6) is 11.5 Å². The number of ether oxygens (including phenoxy) is 3. The van der Waals surface area contributed by atoms with Crippen molar-refractivity contribution in [3.8, 4) is 22.6 Å². The molecule has 3 aromatic carbocycles. The first kappa shape index (κ1) is 25.4. The van der Waals surface area contributed by atoms with Crippen molar-refractivity contribution in [3.63, 3.8) is 0 Å². The summed E-state index contributed by atoms with van der Waals surface area (Å²) in [6.07, 6.45) is 0. The molecule has 1 heterocycles. The molecule has 4 rings (SSSR count). The number of hydrogen-bond acceptors (Lipinski definition) is 6. The first-order chi connectivity index (χ1) is 16.7. The lowest BCUT2D eigenvalue weighted by Gasteiger charge is -2.28. The maximum atomic E-state index is 14.6. The van der Waals surface area contributed by atoms with E-state index in [1.54, 1.807) is 37.3 Å². The Kier molecular flexibility index (Phi) is 7.85. The molecule has 0 fully saturated rings. The van der Waals surface area contributed by atoms with Gasteiger partial charge in [-0.15, -0.1) is 0 Å². The van der Waals surface area contributed by atoms with Crippen LogP contribution in [0.4, 0.5) is 13.2 Å². The molecular weight excluding hydrogens is 465 g/mol. The number of aliphatic imine (C=N–C) groups is 1. The van der Waals surface area contributed by atoms with Gasteiger partial charge in [0, 0.05) is 5.56 Å². The highest BCUT2D eigenvalue weighted by Gasteiger charge is 2.41. The average molecular weight is 488 g/mol. The number of amidine groups is 1. The Balaban J connectivity index is 0.00000108. The van der Waals surface area contributed by atoms with Crippen molar-refractivity contribution in [1.29, 1.82) is 0 Å². The van der Waals surface area contributed by atoms with Crippen LogP contribution in [0, 0.1) is 12.7 Å².